The third-order valence-electron chi connectivity index (χ3n) is 7.01. The summed E-state index contributed by atoms with van der Waals surface area (Å²) in [6.07, 6.45) is 7.71. The van der Waals surface area contributed by atoms with Crippen LogP contribution in [0.25, 0.3) is 10.8 Å². The second-order valence-corrected chi connectivity index (χ2v) is 8.20. The van der Waals surface area contributed by atoms with Gasteiger partial charge in [-0.1, -0.05) is 94.5 Å². The van der Waals surface area contributed by atoms with Crippen LogP contribution >= 0.6 is 0 Å². The van der Waals surface area contributed by atoms with Gasteiger partial charge < -0.3 is 5.11 Å². The van der Waals surface area contributed by atoms with Crippen LogP contribution in [0.1, 0.15) is 40.2 Å². The maximum atomic E-state index is 12.7. The molecule has 0 radical (unpaired) electrons. The third kappa shape index (κ3) is 2.21. The lowest BCUT2D eigenvalue weighted by Gasteiger charge is -2.58. The van der Waals surface area contributed by atoms with Crippen molar-refractivity contribution in [2.24, 2.45) is 16.7 Å². The molecule has 1 aliphatic rings. The third-order valence-corrected chi connectivity index (χ3v) is 7.01. The van der Waals surface area contributed by atoms with Crippen LogP contribution in [0.2, 0.25) is 0 Å². The zero-order valence-electron chi connectivity index (χ0n) is 16.3. The number of hydrogen-bond donors (Lipinski definition) is 1. The highest BCUT2D eigenvalue weighted by Crippen LogP contribution is 2.62. The molecule has 0 aromatic heterocycles. The Bertz CT molecular complexity index is 900. The van der Waals surface area contributed by atoms with Crippen LogP contribution in [-0.2, 0) is 10.2 Å². The maximum Gasteiger partial charge on any atom is 0.318 e. The van der Waals surface area contributed by atoms with E-state index >= 15 is 0 Å². The smallest absolute Gasteiger partial charge is 0.318 e. The Hall–Kier alpha value is -2.35. The highest BCUT2D eigenvalue weighted by molar-refractivity contribution is 5.90. The number of allylic oxidation sites excluding steroid dienone is 2. The van der Waals surface area contributed by atoms with Gasteiger partial charge in [0.2, 0.25) is 0 Å². The molecule has 3 atom stereocenters. The monoisotopic (exact) mass is 348 g/mol. The molecule has 2 heteroatoms. The van der Waals surface area contributed by atoms with Crippen LogP contribution in [0.3, 0.4) is 0 Å². The van der Waals surface area contributed by atoms with Crippen molar-refractivity contribution in [2.75, 3.05) is 0 Å². The largest absolute Gasteiger partial charge is 0.480 e. The molecule has 3 unspecified atom stereocenters. The van der Waals surface area contributed by atoms with Gasteiger partial charge in [-0.15, -0.1) is 0 Å². The van der Waals surface area contributed by atoms with Crippen LogP contribution < -0.4 is 0 Å². The van der Waals surface area contributed by atoms with Crippen molar-refractivity contribution in [3.8, 4) is 0 Å². The second-order valence-electron chi connectivity index (χ2n) is 8.20. The number of carboxylic acids is 1. The number of aliphatic carboxylic acids is 1. The fourth-order valence-electron chi connectivity index (χ4n) is 4.76. The lowest BCUT2D eigenvalue weighted by molar-refractivity contribution is -0.151. The van der Waals surface area contributed by atoms with Crippen molar-refractivity contribution in [3.63, 3.8) is 0 Å². The molecule has 2 aromatic rings. The van der Waals surface area contributed by atoms with Gasteiger partial charge in [0.25, 0.3) is 0 Å². The van der Waals surface area contributed by atoms with Gasteiger partial charge >= 0.3 is 5.97 Å². The summed E-state index contributed by atoms with van der Waals surface area (Å²) in [4.78, 5) is 12.7. The lowest BCUT2D eigenvalue weighted by atomic mass is 9.44. The first-order valence-electron chi connectivity index (χ1n) is 9.27. The minimum atomic E-state index is -1.10. The molecule has 0 fully saturated rings. The first-order valence-corrected chi connectivity index (χ1v) is 9.27. The Morgan fingerprint density at radius 1 is 1.08 bits per heavy atom. The summed E-state index contributed by atoms with van der Waals surface area (Å²) in [7, 11) is 0. The zero-order valence-corrected chi connectivity index (χ0v) is 16.3. The van der Waals surface area contributed by atoms with Crippen LogP contribution in [0.5, 0.6) is 0 Å². The van der Waals surface area contributed by atoms with Gasteiger partial charge in [-0.05, 0) is 34.6 Å². The van der Waals surface area contributed by atoms with Crippen LogP contribution in [0.15, 0.2) is 66.8 Å². The molecule has 1 N–H and O–H groups in total. The highest BCUT2D eigenvalue weighted by Gasteiger charge is 2.62. The first kappa shape index (κ1) is 18.4. The Balaban J connectivity index is 2.48. The normalized spacial score (nSPS) is 30.7. The number of benzene rings is 2. The van der Waals surface area contributed by atoms with Gasteiger partial charge in [0.05, 0.1) is 0 Å². The average Bonchev–Trinajstić information content (AvgIpc) is 2.62. The van der Waals surface area contributed by atoms with Gasteiger partial charge in [-0.3, -0.25) is 4.79 Å². The second kappa shape index (κ2) is 6.12. The van der Waals surface area contributed by atoms with Crippen molar-refractivity contribution in [1.82, 2.24) is 0 Å². The summed E-state index contributed by atoms with van der Waals surface area (Å²) in [5.74, 6) is -0.550. The van der Waals surface area contributed by atoms with Crippen LogP contribution in [0, 0.1) is 16.7 Å². The summed E-state index contributed by atoms with van der Waals surface area (Å²) < 4.78 is 0. The molecular weight excluding hydrogens is 320 g/mol. The molecule has 2 aromatic carbocycles. The van der Waals surface area contributed by atoms with Crippen LogP contribution in [0.4, 0.5) is 0 Å². The fourth-order valence-corrected chi connectivity index (χ4v) is 4.76. The number of carboxylic acid groups (broad SMARTS) is 1. The molecule has 0 saturated carbocycles. The quantitative estimate of drug-likeness (QED) is 0.693. The first-order chi connectivity index (χ1) is 12.2. The number of fused-ring (bicyclic) bond motifs is 1. The molecule has 136 valence electrons. The van der Waals surface area contributed by atoms with E-state index in [4.69, 9.17) is 0 Å². The predicted octanol–water partition coefficient (Wildman–Crippen LogP) is 5.98. The topological polar surface area (TPSA) is 37.3 Å². The van der Waals surface area contributed by atoms with Gasteiger partial charge in [-0.25, -0.2) is 0 Å². The minimum Gasteiger partial charge on any atom is -0.480 e. The minimum absolute atomic E-state index is 0.254. The number of carbonyl (C=O) groups is 1. The van der Waals surface area contributed by atoms with E-state index in [2.05, 4.69) is 58.0 Å². The van der Waals surface area contributed by atoms with Gasteiger partial charge in [0.1, 0.15) is 5.41 Å². The van der Waals surface area contributed by atoms with Crippen molar-refractivity contribution in [3.05, 3.63) is 72.3 Å². The summed E-state index contributed by atoms with van der Waals surface area (Å²) in [6.45, 7) is 10.6. The summed E-state index contributed by atoms with van der Waals surface area (Å²) >= 11 is 0. The highest BCUT2D eigenvalue weighted by atomic mass is 16.4. The Morgan fingerprint density at radius 3 is 2.38 bits per heavy atom. The van der Waals surface area contributed by atoms with E-state index in [1.54, 1.807) is 0 Å². The van der Waals surface area contributed by atoms with Crippen LogP contribution in [-0.4, -0.2) is 11.1 Å². The van der Waals surface area contributed by atoms with E-state index in [0.717, 1.165) is 16.3 Å². The van der Waals surface area contributed by atoms with Gasteiger partial charge in [-0.2, -0.15) is 0 Å². The molecule has 3 rings (SSSR count). The summed E-state index contributed by atoms with van der Waals surface area (Å²) in [6, 6.07) is 14.5. The molecule has 2 nitrogen and oxygen atoms in total. The lowest BCUT2D eigenvalue weighted by Crippen LogP contribution is -2.59. The molecule has 0 spiro atoms. The van der Waals surface area contributed by atoms with Crippen molar-refractivity contribution in [1.29, 1.82) is 0 Å². The molecule has 0 aliphatic heterocycles. The standard InChI is InChI=1S/C24H28O2/c1-6-15-24(21(25)26)16-14-17(2)22(3,4)23(24,5)20-13-9-11-18-10-7-8-12-19(18)20/h6-17H,1-5H3,(H,25,26). The van der Waals surface area contributed by atoms with Gasteiger partial charge in [0.15, 0.2) is 0 Å². The molecular formula is C24H28O2. The molecule has 0 amide bonds. The Labute approximate surface area is 156 Å². The van der Waals surface area contributed by atoms with Crippen molar-refractivity contribution < 1.29 is 9.90 Å². The zero-order chi connectivity index (χ0) is 19.2. The molecule has 0 heterocycles. The van der Waals surface area contributed by atoms with E-state index in [0.29, 0.717) is 0 Å². The van der Waals surface area contributed by atoms with E-state index in [1.807, 2.05) is 43.4 Å². The molecule has 0 saturated heterocycles. The molecule has 0 bridgehead atoms. The van der Waals surface area contributed by atoms with E-state index in [9.17, 15) is 9.90 Å². The van der Waals surface area contributed by atoms with E-state index in [1.165, 1.54) is 0 Å². The Kier molecular flexibility index (Phi) is 4.34. The van der Waals surface area contributed by atoms with Crippen molar-refractivity contribution in [2.45, 2.75) is 40.0 Å². The number of hydrogen-bond acceptors (Lipinski definition) is 1. The molecule has 26 heavy (non-hydrogen) atoms. The van der Waals surface area contributed by atoms with Gasteiger partial charge in [0, 0.05) is 5.41 Å². The average molecular weight is 348 g/mol. The van der Waals surface area contributed by atoms with E-state index in [-0.39, 0.29) is 11.3 Å². The summed E-state index contributed by atoms with van der Waals surface area (Å²) in [5, 5.41) is 12.7. The molecule has 1 aliphatic carbocycles. The number of rotatable bonds is 3. The summed E-state index contributed by atoms with van der Waals surface area (Å²) in [5.41, 5.74) is -0.878. The predicted molar refractivity (Wildman–Crippen MR) is 108 cm³/mol. The van der Waals surface area contributed by atoms with Crippen molar-refractivity contribution >= 4 is 16.7 Å². The fraction of sp³-hybridized carbons (Fsp3) is 0.375. The maximum absolute atomic E-state index is 12.7. The SMILES string of the molecule is CC=CC1(C(=O)O)C=CC(C)C(C)(C)C1(C)c1cccc2ccccc12. The Morgan fingerprint density at radius 2 is 1.73 bits per heavy atom. The van der Waals surface area contributed by atoms with E-state index < -0.39 is 16.8 Å².